The summed E-state index contributed by atoms with van der Waals surface area (Å²) in [5.74, 6) is -0.818. The molecule has 4 aromatic rings. The summed E-state index contributed by atoms with van der Waals surface area (Å²) in [4.78, 5) is 38.8. The number of rotatable bonds is 5. The summed E-state index contributed by atoms with van der Waals surface area (Å²) in [6.45, 7) is 0.384. The standard InChI is InChI=1S/C28H18Br2N2O4/c29-21-8-10-22(11-9-21)32-27(34)23(26(33)31-28(32)35)14-17-6-12-25(24(30)15-17)36-16-18-5-7-19-3-1-2-4-20(19)13-18/h1-15H,16H2,(H,31,33,35)/b23-14+. The Kier molecular flexibility index (Phi) is 6.71. The number of amides is 4. The van der Waals surface area contributed by atoms with E-state index in [1.165, 1.54) is 11.5 Å². The third-order valence-electron chi connectivity index (χ3n) is 5.66. The highest BCUT2D eigenvalue weighted by molar-refractivity contribution is 9.10. The van der Waals surface area contributed by atoms with Crippen LogP contribution in [0.1, 0.15) is 11.1 Å². The molecular formula is C28H18Br2N2O4. The van der Waals surface area contributed by atoms with E-state index >= 15 is 0 Å². The number of carbonyl (C=O) groups excluding carboxylic acids is 3. The van der Waals surface area contributed by atoms with Gasteiger partial charge in [0.1, 0.15) is 17.9 Å². The molecule has 1 aliphatic heterocycles. The second kappa shape index (κ2) is 10.1. The van der Waals surface area contributed by atoms with Gasteiger partial charge in [0.25, 0.3) is 11.8 Å². The molecule has 0 saturated carbocycles. The van der Waals surface area contributed by atoms with Crippen molar-refractivity contribution in [2.24, 2.45) is 0 Å². The molecule has 8 heteroatoms. The molecule has 0 aliphatic carbocycles. The van der Waals surface area contributed by atoms with Gasteiger partial charge in [-0.05, 0) is 86.4 Å². The van der Waals surface area contributed by atoms with Crippen LogP contribution in [0.25, 0.3) is 16.8 Å². The Morgan fingerprint density at radius 1 is 0.833 bits per heavy atom. The lowest BCUT2D eigenvalue weighted by Crippen LogP contribution is -2.54. The number of urea groups is 1. The second-order valence-electron chi connectivity index (χ2n) is 8.09. The number of benzene rings is 4. The summed E-state index contributed by atoms with van der Waals surface area (Å²) in [7, 11) is 0. The van der Waals surface area contributed by atoms with Crippen LogP contribution in [-0.2, 0) is 16.2 Å². The van der Waals surface area contributed by atoms with Gasteiger partial charge in [0.15, 0.2) is 0 Å². The van der Waals surface area contributed by atoms with Gasteiger partial charge in [-0.25, -0.2) is 9.69 Å². The first kappa shape index (κ1) is 24.0. The summed E-state index contributed by atoms with van der Waals surface area (Å²) >= 11 is 6.84. The molecule has 6 nitrogen and oxygen atoms in total. The Balaban J connectivity index is 1.35. The molecular weight excluding hydrogens is 588 g/mol. The van der Waals surface area contributed by atoms with Gasteiger partial charge in [-0.3, -0.25) is 14.9 Å². The maximum Gasteiger partial charge on any atom is 0.335 e. The van der Waals surface area contributed by atoms with Gasteiger partial charge < -0.3 is 4.74 Å². The Morgan fingerprint density at radius 3 is 2.33 bits per heavy atom. The number of imide groups is 2. The molecule has 1 saturated heterocycles. The first-order chi connectivity index (χ1) is 17.4. The maximum atomic E-state index is 13.1. The van der Waals surface area contributed by atoms with Crippen LogP contribution in [0.2, 0.25) is 0 Å². The highest BCUT2D eigenvalue weighted by atomic mass is 79.9. The van der Waals surface area contributed by atoms with E-state index in [2.05, 4.69) is 61.4 Å². The third kappa shape index (κ3) is 4.96. The Morgan fingerprint density at radius 2 is 1.58 bits per heavy atom. The van der Waals surface area contributed by atoms with Crippen LogP contribution < -0.4 is 15.0 Å². The van der Waals surface area contributed by atoms with E-state index in [1.54, 1.807) is 42.5 Å². The fraction of sp³-hybridized carbons (Fsp3) is 0.0357. The van der Waals surface area contributed by atoms with E-state index in [1.807, 2.05) is 18.2 Å². The molecule has 0 bridgehead atoms. The number of nitrogens with one attached hydrogen (secondary N) is 1. The zero-order valence-corrected chi connectivity index (χ0v) is 21.9. The van der Waals surface area contributed by atoms with Gasteiger partial charge in [-0.15, -0.1) is 0 Å². The molecule has 1 N–H and O–H groups in total. The molecule has 5 rings (SSSR count). The van der Waals surface area contributed by atoms with Crippen molar-refractivity contribution in [3.63, 3.8) is 0 Å². The largest absolute Gasteiger partial charge is 0.488 e. The predicted molar refractivity (Wildman–Crippen MR) is 146 cm³/mol. The molecule has 36 heavy (non-hydrogen) atoms. The van der Waals surface area contributed by atoms with E-state index < -0.39 is 17.8 Å². The molecule has 0 spiro atoms. The average Bonchev–Trinajstić information content (AvgIpc) is 2.87. The fourth-order valence-electron chi connectivity index (χ4n) is 3.86. The Labute approximate surface area is 223 Å². The molecule has 4 amide bonds. The molecule has 178 valence electrons. The fourth-order valence-corrected chi connectivity index (χ4v) is 4.64. The van der Waals surface area contributed by atoms with Gasteiger partial charge in [0, 0.05) is 4.47 Å². The number of hydrogen-bond acceptors (Lipinski definition) is 4. The Bertz CT molecular complexity index is 1550. The average molecular weight is 606 g/mol. The lowest BCUT2D eigenvalue weighted by atomic mass is 10.1. The van der Waals surface area contributed by atoms with Gasteiger partial charge in [-0.2, -0.15) is 0 Å². The molecule has 0 atom stereocenters. The van der Waals surface area contributed by atoms with E-state index in [9.17, 15) is 14.4 Å². The third-order valence-corrected chi connectivity index (χ3v) is 6.81. The van der Waals surface area contributed by atoms with Crippen molar-refractivity contribution >= 4 is 72.2 Å². The lowest BCUT2D eigenvalue weighted by Gasteiger charge is -2.26. The van der Waals surface area contributed by atoms with Gasteiger partial charge in [-0.1, -0.05) is 58.4 Å². The van der Waals surface area contributed by atoms with Crippen molar-refractivity contribution in [2.45, 2.75) is 6.61 Å². The smallest absolute Gasteiger partial charge is 0.335 e. The van der Waals surface area contributed by atoms with Crippen LogP contribution in [0.5, 0.6) is 5.75 Å². The summed E-state index contributed by atoms with van der Waals surface area (Å²) in [5, 5.41) is 4.54. The SMILES string of the molecule is O=C1NC(=O)N(c2ccc(Br)cc2)C(=O)/C1=C/c1ccc(OCc2ccc3ccccc3c2)c(Br)c1. The molecule has 4 aromatic carbocycles. The van der Waals surface area contributed by atoms with Crippen LogP contribution in [0.3, 0.4) is 0 Å². The number of ether oxygens (including phenoxy) is 1. The highest BCUT2D eigenvalue weighted by Crippen LogP contribution is 2.29. The number of halogens is 2. The summed E-state index contributed by atoms with van der Waals surface area (Å²) in [5.41, 5.74) is 1.85. The molecule has 1 aliphatic rings. The number of nitrogens with zero attached hydrogens (tertiary/aromatic N) is 1. The van der Waals surface area contributed by atoms with Crippen molar-refractivity contribution < 1.29 is 19.1 Å². The summed E-state index contributed by atoms with van der Waals surface area (Å²) in [6.07, 6.45) is 1.45. The number of hydrogen-bond donors (Lipinski definition) is 1. The zero-order chi connectivity index (χ0) is 25.2. The molecule has 0 aromatic heterocycles. The Hall–Kier alpha value is -3.75. The van der Waals surface area contributed by atoms with Crippen LogP contribution in [0.15, 0.2) is 99.4 Å². The first-order valence-electron chi connectivity index (χ1n) is 11.0. The molecule has 0 unspecified atom stereocenters. The van der Waals surface area contributed by atoms with Crippen molar-refractivity contribution in [2.75, 3.05) is 4.90 Å². The quantitative estimate of drug-likeness (QED) is 0.205. The van der Waals surface area contributed by atoms with Crippen molar-refractivity contribution in [3.8, 4) is 5.75 Å². The van der Waals surface area contributed by atoms with E-state index in [0.717, 1.165) is 20.3 Å². The van der Waals surface area contributed by atoms with Crippen molar-refractivity contribution in [1.29, 1.82) is 0 Å². The minimum absolute atomic E-state index is 0.144. The van der Waals surface area contributed by atoms with Crippen LogP contribution in [0, 0.1) is 0 Å². The van der Waals surface area contributed by atoms with Crippen LogP contribution in [-0.4, -0.2) is 17.8 Å². The van der Waals surface area contributed by atoms with Crippen molar-refractivity contribution in [1.82, 2.24) is 5.32 Å². The number of anilines is 1. The molecule has 1 heterocycles. The number of carbonyl (C=O) groups is 3. The topological polar surface area (TPSA) is 75.7 Å². The first-order valence-corrected chi connectivity index (χ1v) is 12.5. The molecule has 0 radical (unpaired) electrons. The highest BCUT2D eigenvalue weighted by Gasteiger charge is 2.36. The van der Waals surface area contributed by atoms with Crippen molar-refractivity contribution in [3.05, 3.63) is 111 Å². The second-order valence-corrected chi connectivity index (χ2v) is 9.86. The maximum absolute atomic E-state index is 13.1. The minimum atomic E-state index is -0.789. The van der Waals surface area contributed by atoms with E-state index in [-0.39, 0.29) is 5.57 Å². The number of barbiturate groups is 1. The lowest BCUT2D eigenvalue weighted by molar-refractivity contribution is -0.122. The van der Waals surface area contributed by atoms with Crippen LogP contribution in [0.4, 0.5) is 10.5 Å². The normalized spacial score (nSPS) is 14.9. The van der Waals surface area contributed by atoms with Gasteiger partial charge in [0.05, 0.1) is 10.2 Å². The van der Waals surface area contributed by atoms with Gasteiger partial charge in [0.2, 0.25) is 0 Å². The number of fused-ring (bicyclic) bond motifs is 1. The predicted octanol–water partition coefficient (Wildman–Crippen LogP) is 6.61. The van der Waals surface area contributed by atoms with Gasteiger partial charge >= 0.3 is 6.03 Å². The van der Waals surface area contributed by atoms with Crippen LogP contribution >= 0.6 is 31.9 Å². The zero-order valence-electron chi connectivity index (χ0n) is 18.7. The summed E-state index contributed by atoms with van der Waals surface area (Å²) in [6, 6.07) is 25.5. The molecule has 1 fully saturated rings. The minimum Gasteiger partial charge on any atom is -0.488 e. The van der Waals surface area contributed by atoms with E-state index in [0.29, 0.717) is 28.1 Å². The van der Waals surface area contributed by atoms with E-state index in [4.69, 9.17) is 4.74 Å². The summed E-state index contributed by atoms with van der Waals surface area (Å²) < 4.78 is 7.46. The monoisotopic (exact) mass is 604 g/mol.